The molecule has 0 spiro atoms. The number of aromatic nitrogens is 1. The second-order valence-electron chi connectivity index (χ2n) is 16.2. The summed E-state index contributed by atoms with van der Waals surface area (Å²) >= 11 is 11.4. The van der Waals surface area contributed by atoms with Gasteiger partial charge in [0.15, 0.2) is 0 Å². The number of aliphatic carboxylic acids is 2. The van der Waals surface area contributed by atoms with Gasteiger partial charge in [0.1, 0.15) is 11.5 Å². The van der Waals surface area contributed by atoms with E-state index in [-0.39, 0.29) is 34.1 Å². The molecule has 7 atom stereocenters. The highest BCUT2D eigenvalue weighted by atomic mass is 35.5. The zero-order valence-electron chi connectivity index (χ0n) is 35.6. The van der Waals surface area contributed by atoms with Crippen molar-refractivity contribution < 1.29 is 60.7 Å². The third-order valence-electron chi connectivity index (χ3n) is 11.7. The highest BCUT2D eigenvalue weighted by molar-refractivity contribution is 6.30. The Labute approximate surface area is 391 Å². The van der Waals surface area contributed by atoms with Crippen LogP contribution in [0.15, 0.2) is 146 Å². The number of halogens is 8. The van der Waals surface area contributed by atoms with Crippen LogP contribution in [0.25, 0.3) is 10.9 Å². The molecule has 3 aliphatic rings. The molecule has 0 aliphatic carbocycles. The predicted molar refractivity (Wildman–Crippen MR) is 241 cm³/mol. The second-order valence-corrected chi connectivity index (χ2v) is 17.0. The minimum atomic E-state index is -4.53. The summed E-state index contributed by atoms with van der Waals surface area (Å²) in [5.41, 5.74) is 0.873. The van der Waals surface area contributed by atoms with E-state index in [1.54, 1.807) is 0 Å². The van der Waals surface area contributed by atoms with Crippen LogP contribution in [0, 0.1) is 11.3 Å². The number of piperidine rings is 3. The van der Waals surface area contributed by atoms with Crippen LogP contribution >= 0.6 is 23.2 Å². The summed E-state index contributed by atoms with van der Waals surface area (Å²) in [6, 6.07) is 30.0. The molecule has 9 nitrogen and oxygen atoms in total. The van der Waals surface area contributed by atoms with Crippen LogP contribution in [-0.2, 0) is 21.9 Å². The zero-order chi connectivity index (χ0) is 48.7. The number of hydrogen-bond donors (Lipinski definition) is 3. The molecule has 5 unspecified atom stereocenters. The Bertz CT molecular complexity index is 2540. The van der Waals surface area contributed by atoms with Crippen LogP contribution < -0.4 is 9.47 Å². The Balaban J connectivity index is 0.000000166. The third kappa shape index (κ3) is 12.7. The fraction of sp³-hybridized carbons (Fsp3) is 0.260. The summed E-state index contributed by atoms with van der Waals surface area (Å²) in [6.45, 7) is 8.44. The molecular formula is C50H44Cl2F6N2O7. The maximum absolute atomic E-state index is 12.6. The lowest BCUT2D eigenvalue weighted by molar-refractivity contribution is -0.146. The van der Waals surface area contributed by atoms with Crippen molar-refractivity contribution in [1.29, 1.82) is 0 Å². The molecule has 4 heterocycles. The molecule has 3 aliphatic heterocycles. The number of aliphatic hydroxyl groups is 1. The van der Waals surface area contributed by atoms with Gasteiger partial charge in [-0.05, 0) is 104 Å². The Hall–Kier alpha value is -6.13. The number of aliphatic hydroxyl groups excluding tert-OH is 1. The number of hydrogen-bond acceptors (Lipinski definition) is 7. The van der Waals surface area contributed by atoms with Crippen LogP contribution in [0.1, 0.15) is 65.9 Å². The van der Waals surface area contributed by atoms with E-state index >= 15 is 0 Å². The van der Waals surface area contributed by atoms with Crippen LogP contribution in [-0.4, -0.2) is 56.3 Å². The fourth-order valence-electron chi connectivity index (χ4n) is 8.11. The topological polar surface area (TPSA) is 129 Å². The number of benzene rings is 5. The van der Waals surface area contributed by atoms with Crippen LogP contribution in [0.5, 0.6) is 11.5 Å². The molecule has 17 heteroatoms. The second kappa shape index (κ2) is 21.2. The van der Waals surface area contributed by atoms with Crippen molar-refractivity contribution in [2.24, 2.45) is 11.3 Å². The highest BCUT2D eigenvalue weighted by Gasteiger charge is 2.48. The van der Waals surface area contributed by atoms with Crippen molar-refractivity contribution in [2.75, 3.05) is 13.1 Å². The number of pyridine rings is 1. The van der Waals surface area contributed by atoms with Gasteiger partial charge >= 0.3 is 24.3 Å². The summed E-state index contributed by atoms with van der Waals surface area (Å²) in [7, 11) is 0. The van der Waals surface area contributed by atoms with Crippen molar-refractivity contribution in [3.05, 3.63) is 184 Å². The first kappa shape index (κ1) is 50.3. The third-order valence-corrected chi connectivity index (χ3v) is 12.2. The largest absolute Gasteiger partial charge is 0.478 e. The van der Waals surface area contributed by atoms with Gasteiger partial charge in [0.2, 0.25) is 12.2 Å². The van der Waals surface area contributed by atoms with Gasteiger partial charge in [0.25, 0.3) is 0 Å². The van der Waals surface area contributed by atoms with Crippen molar-refractivity contribution in [2.45, 2.75) is 56.5 Å². The summed E-state index contributed by atoms with van der Waals surface area (Å²) in [5.74, 6) is -2.38. The van der Waals surface area contributed by atoms with E-state index in [0.717, 1.165) is 72.4 Å². The van der Waals surface area contributed by atoms with Gasteiger partial charge in [-0.3, -0.25) is 9.88 Å². The molecule has 0 amide bonds. The van der Waals surface area contributed by atoms with Gasteiger partial charge in [-0.15, -0.1) is 6.58 Å². The van der Waals surface area contributed by atoms with E-state index in [1.807, 2.05) is 30.5 Å². The van der Waals surface area contributed by atoms with Gasteiger partial charge in [-0.1, -0.05) is 90.8 Å². The number of carbonyl (C=O) groups is 2. The van der Waals surface area contributed by atoms with E-state index in [9.17, 15) is 51.3 Å². The van der Waals surface area contributed by atoms with Crippen molar-refractivity contribution >= 4 is 46.0 Å². The molecule has 3 N–H and O–H groups in total. The van der Waals surface area contributed by atoms with Gasteiger partial charge in [-0.2, -0.15) is 26.3 Å². The number of fused-ring (bicyclic) bond motifs is 4. The quantitative estimate of drug-likeness (QED) is 0.0858. The van der Waals surface area contributed by atoms with Gasteiger partial charge in [0.05, 0.1) is 22.7 Å². The van der Waals surface area contributed by atoms with E-state index < -0.39 is 53.7 Å². The summed E-state index contributed by atoms with van der Waals surface area (Å²) in [6.07, 6.45) is -6.19. The lowest BCUT2D eigenvalue weighted by Crippen LogP contribution is -2.58. The lowest BCUT2D eigenvalue weighted by Gasteiger charge is -2.55. The van der Waals surface area contributed by atoms with Crippen molar-refractivity contribution in [3.8, 4) is 11.5 Å². The predicted octanol–water partition coefficient (Wildman–Crippen LogP) is 12.7. The maximum Gasteiger partial charge on any atom is 0.416 e. The number of ether oxygens (including phenoxy) is 2. The van der Waals surface area contributed by atoms with E-state index in [0.29, 0.717) is 16.0 Å². The number of nitrogens with zero attached hydrogens (tertiary/aromatic N) is 2. The Morgan fingerprint density at radius 1 is 0.761 bits per heavy atom. The molecule has 0 radical (unpaired) electrons. The normalized spacial score (nSPS) is 20.2. The molecule has 9 rings (SSSR count). The van der Waals surface area contributed by atoms with Gasteiger partial charge in [-0.25, -0.2) is 9.59 Å². The molecule has 3 fully saturated rings. The van der Waals surface area contributed by atoms with Crippen LogP contribution in [0.2, 0.25) is 10.0 Å². The molecular weight excluding hydrogens is 925 g/mol. The average Bonchev–Trinajstić information content (AvgIpc) is 3.30. The molecule has 67 heavy (non-hydrogen) atoms. The number of carboxylic acids is 2. The zero-order valence-corrected chi connectivity index (χ0v) is 37.1. The van der Waals surface area contributed by atoms with E-state index in [4.69, 9.17) is 32.7 Å². The van der Waals surface area contributed by atoms with Gasteiger partial charge < -0.3 is 24.8 Å². The van der Waals surface area contributed by atoms with Crippen molar-refractivity contribution in [1.82, 2.24) is 9.88 Å². The molecule has 0 saturated carbocycles. The lowest BCUT2D eigenvalue weighted by atomic mass is 9.65. The molecule has 352 valence electrons. The minimum absolute atomic E-state index is 0.183. The summed E-state index contributed by atoms with van der Waals surface area (Å²) in [5, 5.41) is 31.4. The molecule has 3 saturated heterocycles. The first-order valence-corrected chi connectivity index (χ1v) is 21.5. The van der Waals surface area contributed by atoms with Crippen molar-refractivity contribution in [3.63, 3.8) is 0 Å². The smallest absolute Gasteiger partial charge is 0.416 e. The molecule has 1 aromatic heterocycles. The Morgan fingerprint density at radius 3 is 1.69 bits per heavy atom. The van der Waals surface area contributed by atoms with Crippen LogP contribution in [0.4, 0.5) is 26.3 Å². The number of para-hydroxylation sites is 1. The SMILES string of the molecule is C=CC1(C)CN2CCC1C[C@@H]2[C@H](O)c1ccnc2ccccc12.O=C(O)C(Oc1cccc(C(F)(F)F)c1)c1ccc(Cl)cc1.O=C(O)C(Oc1cccc(C(F)(F)F)c1)c1ccc(Cl)cc1. The standard InChI is InChI=1S/C20H24N2O.2C15H10ClF3O3/c1-3-20(2)13-22-11-9-14(20)12-18(22)19(23)16-8-10-21-17-7-5-4-6-15(16)17;2*16-11-6-4-9(5-7-11)13(14(20)21)22-12-3-1-2-10(8-12)15(17,18)19/h3-8,10,14,18-19,23H,1,9,11-13H2,2H3;2*1-8,13H,(H,20,21)/t14?,18-,19-,20?;;/m1../s1. The van der Waals surface area contributed by atoms with E-state index in [2.05, 4.69) is 35.5 Å². The Kier molecular flexibility index (Phi) is 15.9. The summed E-state index contributed by atoms with van der Waals surface area (Å²) in [4.78, 5) is 29.5. The monoisotopic (exact) mass is 968 g/mol. The average molecular weight is 970 g/mol. The number of rotatable bonds is 11. The Morgan fingerprint density at radius 2 is 1.25 bits per heavy atom. The first-order valence-electron chi connectivity index (χ1n) is 20.7. The minimum Gasteiger partial charge on any atom is -0.478 e. The maximum atomic E-state index is 12.6. The van der Waals surface area contributed by atoms with Gasteiger partial charge in [0, 0.05) is 50.8 Å². The van der Waals surface area contributed by atoms with Crippen LogP contribution in [0.3, 0.4) is 0 Å². The summed E-state index contributed by atoms with van der Waals surface area (Å²) < 4.78 is 86.3. The highest BCUT2D eigenvalue weighted by Crippen LogP contribution is 2.48. The number of carboxylic acid groups (broad SMARTS) is 2. The van der Waals surface area contributed by atoms with E-state index in [1.165, 1.54) is 67.1 Å². The molecule has 5 aromatic carbocycles. The molecule has 6 aromatic rings. The number of alkyl halides is 6. The fourth-order valence-corrected chi connectivity index (χ4v) is 8.36. The first-order chi connectivity index (χ1) is 31.7. The molecule has 2 bridgehead atoms.